The maximum atomic E-state index is 12.9. The van der Waals surface area contributed by atoms with Crippen LogP contribution in [-0.2, 0) is 12.8 Å². The predicted molar refractivity (Wildman–Crippen MR) is 138 cm³/mol. The fourth-order valence-electron chi connectivity index (χ4n) is 5.21. The number of nitrogens with zero attached hydrogens (tertiary/aromatic N) is 2. The predicted octanol–water partition coefficient (Wildman–Crippen LogP) is 3.78. The molecule has 0 bridgehead atoms. The average Bonchev–Trinajstić information content (AvgIpc) is 2.90. The fraction of sp³-hybridized carbons (Fsp3) is 0.414. The Morgan fingerprint density at radius 1 is 1.17 bits per heavy atom. The molecule has 5 rings (SSSR count). The number of ether oxygens (including phenoxy) is 1. The Balaban J connectivity index is 1.32. The summed E-state index contributed by atoms with van der Waals surface area (Å²) in [4.78, 5) is 21.0. The van der Waals surface area contributed by atoms with Crippen LogP contribution in [-0.4, -0.2) is 45.3 Å². The second kappa shape index (κ2) is 10.8. The highest BCUT2D eigenvalue weighted by molar-refractivity contribution is 5.92. The summed E-state index contributed by atoms with van der Waals surface area (Å²) in [5, 5.41) is 17.9. The van der Waals surface area contributed by atoms with E-state index in [1.807, 2.05) is 30.3 Å². The van der Waals surface area contributed by atoms with E-state index < -0.39 is 12.1 Å². The number of rotatable bonds is 9. The molecule has 1 saturated carbocycles. The van der Waals surface area contributed by atoms with Crippen LogP contribution in [0.3, 0.4) is 0 Å². The van der Waals surface area contributed by atoms with Gasteiger partial charge >= 0.3 is 0 Å². The van der Waals surface area contributed by atoms with Gasteiger partial charge in [-0.3, -0.25) is 9.78 Å². The number of hydrogen-bond acceptors (Lipinski definition) is 6. The van der Waals surface area contributed by atoms with Gasteiger partial charge < -0.3 is 20.5 Å². The van der Waals surface area contributed by atoms with Crippen molar-refractivity contribution in [3.63, 3.8) is 0 Å². The topological polar surface area (TPSA) is 96.4 Å². The lowest BCUT2D eigenvalue weighted by Gasteiger charge is -2.48. The molecule has 2 heterocycles. The van der Waals surface area contributed by atoms with Crippen molar-refractivity contribution in [3.8, 4) is 5.75 Å². The summed E-state index contributed by atoms with van der Waals surface area (Å²) in [5.41, 5.74) is 3.59. The van der Waals surface area contributed by atoms with Crippen molar-refractivity contribution in [1.29, 1.82) is 0 Å². The number of aryl methyl sites for hydroxylation is 1. The van der Waals surface area contributed by atoms with Gasteiger partial charge in [-0.1, -0.05) is 49.4 Å². The largest absolute Gasteiger partial charge is 0.487 e. The Labute approximate surface area is 212 Å². The second-order valence-corrected chi connectivity index (χ2v) is 9.96. The van der Waals surface area contributed by atoms with E-state index in [0.29, 0.717) is 13.0 Å². The normalized spacial score (nSPS) is 19.4. The quantitative estimate of drug-likeness (QED) is 0.426. The Bertz CT molecular complexity index is 1170. The Kier molecular flexibility index (Phi) is 7.30. The van der Waals surface area contributed by atoms with E-state index in [0.717, 1.165) is 42.6 Å². The molecule has 7 heteroatoms. The summed E-state index contributed by atoms with van der Waals surface area (Å²) in [6.45, 7) is 2.49. The highest BCUT2D eigenvalue weighted by Crippen LogP contribution is 2.49. The molecule has 1 amide bonds. The Hall–Kier alpha value is -3.29. The number of aliphatic hydroxyl groups excluding tert-OH is 1. The smallest absolute Gasteiger partial charge is 0.271 e. The van der Waals surface area contributed by atoms with E-state index in [1.165, 1.54) is 30.6 Å². The van der Waals surface area contributed by atoms with Gasteiger partial charge in [0.1, 0.15) is 17.0 Å². The Morgan fingerprint density at radius 3 is 2.69 bits per heavy atom. The first kappa shape index (κ1) is 24.4. The summed E-state index contributed by atoms with van der Waals surface area (Å²) < 4.78 is 6.45. The molecule has 2 aromatic carbocycles. The highest BCUT2D eigenvalue weighted by Gasteiger charge is 2.45. The monoisotopic (exact) mass is 486 g/mol. The molecule has 1 aliphatic heterocycles. The third-order valence-corrected chi connectivity index (χ3v) is 7.47. The lowest BCUT2D eigenvalue weighted by atomic mass is 9.72. The van der Waals surface area contributed by atoms with E-state index in [4.69, 9.17) is 4.74 Å². The summed E-state index contributed by atoms with van der Waals surface area (Å²) >= 11 is 0. The average molecular weight is 487 g/mol. The van der Waals surface area contributed by atoms with Crippen LogP contribution in [0.1, 0.15) is 65.8 Å². The molecule has 1 fully saturated rings. The molecule has 0 radical (unpaired) electrons. The number of carbonyl (C=O) groups is 1. The lowest BCUT2D eigenvalue weighted by molar-refractivity contribution is -0.0382. The molecule has 2 aliphatic rings. The van der Waals surface area contributed by atoms with Gasteiger partial charge in [-0.15, -0.1) is 0 Å². The van der Waals surface area contributed by atoms with Gasteiger partial charge in [0.2, 0.25) is 0 Å². The van der Waals surface area contributed by atoms with Crippen molar-refractivity contribution < 1.29 is 14.6 Å². The minimum Gasteiger partial charge on any atom is -0.487 e. The van der Waals surface area contributed by atoms with Crippen LogP contribution >= 0.6 is 0 Å². The number of carbonyl (C=O) groups excluding carboxylic acids is 1. The summed E-state index contributed by atoms with van der Waals surface area (Å²) in [7, 11) is 0. The van der Waals surface area contributed by atoms with Crippen molar-refractivity contribution in [2.75, 3.05) is 6.54 Å². The van der Waals surface area contributed by atoms with Crippen LogP contribution in [0.4, 0.5) is 0 Å². The number of nitrogens with one attached hydrogen (secondary N) is 2. The molecule has 7 nitrogen and oxygen atoms in total. The first-order valence-electron chi connectivity index (χ1n) is 12.9. The Morgan fingerprint density at radius 2 is 2.00 bits per heavy atom. The van der Waals surface area contributed by atoms with Crippen LogP contribution in [0.5, 0.6) is 5.75 Å². The van der Waals surface area contributed by atoms with Crippen molar-refractivity contribution in [2.24, 2.45) is 0 Å². The van der Waals surface area contributed by atoms with Crippen LogP contribution in [0.15, 0.2) is 67.1 Å². The zero-order chi connectivity index (χ0) is 25.0. The minimum absolute atomic E-state index is 0.0864. The number of fused-ring (bicyclic) bond motifs is 1. The number of aliphatic hydroxyl groups is 1. The van der Waals surface area contributed by atoms with Crippen LogP contribution in [0.25, 0.3) is 0 Å². The third kappa shape index (κ3) is 5.42. The first-order chi connectivity index (χ1) is 17.5. The molecule has 0 saturated heterocycles. The molecule has 1 aromatic heterocycles. The molecular weight excluding hydrogens is 452 g/mol. The van der Waals surface area contributed by atoms with Crippen LogP contribution in [0.2, 0.25) is 0 Å². The maximum absolute atomic E-state index is 12.9. The van der Waals surface area contributed by atoms with Gasteiger partial charge in [-0.25, -0.2) is 4.98 Å². The van der Waals surface area contributed by atoms with E-state index in [-0.39, 0.29) is 23.2 Å². The van der Waals surface area contributed by atoms with Gasteiger partial charge in [0, 0.05) is 37.0 Å². The zero-order valence-electron chi connectivity index (χ0n) is 20.7. The van der Waals surface area contributed by atoms with Crippen molar-refractivity contribution in [1.82, 2.24) is 20.6 Å². The lowest BCUT2D eigenvalue weighted by Crippen LogP contribution is -2.52. The van der Waals surface area contributed by atoms with Crippen molar-refractivity contribution >= 4 is 5.91 Å². The van der Waals surface area contributed by atoms with Crippen LogP contribution in [0, 0.1) is 0 Å². The second-order valence-electron chi connectivity index (χ2n) is 9.96. The first-order valence-corrected chi connectivity index (χ1v) is 12.9. The fourth-order valence-corrected chi connectivity index (χ4v) is 5.21. The summed E-state index contributed by atoms with van der Waals surface area (Å²) in [6.07, 6.45) is 9.31. The standard InChI is InChI=1S/C29H34N4O3/c1-2-20-9-10-27-22(15-20)24(17-29(36-27)11-6-12-29)32-19-26(34)23(16-21-7-4-3-5-8-21)33-28(35)25-18-30-13-14-31-25/h3-5,7-10,13-15,18,23-24,26,32,34H,2,6,11-12,16-17,19H2,1H3,(H,33,35)/t23-,24-,26+/m0/s1. The highest BCUT2D eigenvalue weighted by atomic mass is 16.5. The number of aromatic nitrogens is 2. The number of benzene rings is 2. The van der Waals surface area contributed by atoms with Crippen molar-refractivity contribution in [2.45, 2.75) is 69.2 Å². The number of hydrogen-bond donors (Lipinski definition) is 3. The van der Waals surface area contributed by atoms with Gasteiger partial charge in [0.05, 0.1) is 18.3 Å². The summed E-state index contributed by atoms with van der Waals surface area (Å²) in [6, 6.07) is 15.9. The number of amides is 1. The van der Waals surface area contributed by atoms with E-state index >= 15 is 0 Å². The molecule has 188 valence electrons. The molecule has 0 unspecified atom stereocenters. The van der Waals surface area contributed by atoms with Gasteiger partial charge in [-0.2, -0.15) is 0 Å². The van der Waals surface area contributed by atoms with E-state index in [1.54, 1.807) is 0 Å². The zero-order valence-corrected chi connectivity index (χ0v) is 20.7. The van der Waals surface area contributed by atoms with Gasteiger partial charge in [-0.05, 0) is 49.3 Å². The van der Waals surface area contributed by atoms with Crippen molar-refractivity contribution in [3.05, 3.63) is 89.5 Å². The molecule has 3 N–H and O–H groups in total. The molecule has 1 spiro atoms. The maximum Gasteiger partial charge on any atom is 0.271 e. The molecule has 3 aromatic rings. The molecule has 36 heavy (non-hydrogen) atoms. The SMILES string of the molecule is CCc1ccc2c(c1)[C@@H](NC[C@@H](O)[C@H](Cc1ccccc1)NC(=O)c1cnccn1)CC1(CCC1)O2. The molecule has 1 aliphatic carbocycles. The summed E-state index contributed by atoms with van der Waals surface area (Å²) in [5.74, 6) is 0.599. The van der Waals surface area contributed by atoms with Gasteiger partial charge in [0.15, 0.2) is 0 Å². The van der Waals surface area contributed by atoms with E-state index in [2.05, 4.69) is 45.7 Å². The minimum atomic E-state index is -0.802. The molecule has 3 atom stereocenters. The third-order valence-electron chi connectivity index (χ3n) is 7.47. The molecular formula is C29H34N4O3. The van der Waals surface area contributed by atoms with E-state index in [9.17, 15) is 9.90 Å². The van der Waals surface area contributed by atoms with Gasteiger partial charge in [0.25, 0.3) is 5.91 Å². The van der Waals surface area contributed by atoms with Crippen LogP contribution < -0.4 is 15.4 Å².